The Balaban J connectivity index is 0.000000924. The van der Waals surface area contributed by atoms with E-state index in [0.29, 0.717) is 17.0 Å². The molecule has 0 aliphatic rings. The van der Waals surface area contributed by atoms with Crippen molar-refractivity contribution in [3.8, 4) is 28.3 Å². The third-order valence-electron chi connectivity index (χ3n) is 3.18. The Morgan fingerprint density at radius 3 is 2.35 bits per heavy atom. The minimum Gasteiger partial charge on any atom is -0.507 e. The van der Waals surface area contributed by atoms with Gasteiger partial charge in [-0.3, -0.25) is 4.79 Å². The van der Waals surface area contributed by atoms with Gasteiger partial charge in [0.1, 0.15) is 5.75 Å². The van der Waals surface area contributed by atoms with E-state index in [4.69, 9.17) is 0 Å². The average molecular weight is 310 g/mol. The molecule has 0 fully saturated rings. The van der Waals surface area contributed by atoms with Gasteiger partial charge in [0, 0.05) is 11.1 Å². The molecule has 0 aliphatic heterocycles. The quantitative estimate of drug-likeness (QED) is 0.723. The van der Waals surface area contributed by atoms with Crippen LogP contribution < -0.4 is 0 Å². The van der Waals surface area contributed by atoms with Crippen LogP contribution in [0.15, 0.2) is 42.5 Å². The van der Waals surface area contributed by atoms with E-state index in [0.717, 1.165) is 5.56 Å². The molecule has 3 aromatic rings. The van der Waals surface area contributed by atoms with E-state index < -0.39 is 0 Å². The fourth-order valence-corrected chi connectivity index (χ4v) is 2.15. The summed E-state index contributed by atoms with van der Waals surface area (Å²) in [6, 6.07) is 12.6. The van der Waals surface area contributed by atoms with Gasteiger partial charge >= 0.3 is 0 Å². The molecule has 23 heavy (non-hydrogen) atoms. The molecule has 0 radical (unpaired) electrons. The second-order valence-electron chi connectivity index (χ2n) is 4.58. The van der Waals surface area contributed by atoms with Crippen molar-refractivity contribution >= 4 is 5.78 Å². The fraction of sp³-hybridized carbons (Fsp3) is 0.176. The third-order valence-corrected chi connectivity index (χ3v) is 3.18. The zero-order valence-electron chi connectivity index (χ0n) is 13.2. The molecule has 6 heteroatoms. The van der Waals surface area contributed by atoms with Crippen LogP contribution in [0.1, 0.15) is 31.1 Å². The van der Waals surface area contributed by atoms with Gasteiger partial charge in [-0.25, -0.2) is 0 Å². The highest BCUT2D eigenvalue weighted by Crippen LogP contribution is 2.36. The Hall–Kier alpha value is -3.02. The Bertz CT molecular complexity index is 784. The first-order valence-electron chi connectivity index (χ1n) is 7.34. The molecule has 0 aliphatic carbocycles. The highest BCUT2D eigenvalue weighted by molar-refractivity contribution is 6.00. The van der Waals surface area contributed by atoms with E-state index in [1.807, 2.05) is 44.2 Å². The predicted molar refractivity (Wildman–Crippen MR) is 88.1 cm³/mol. The Morgan fingerprint density at radius 2 is 1.78 bits per heavy atom. The molecule has 0 saturated heterocycles. The molecule has 0 spiro atoms. The number of rotatable bonds is 3. The van der Waals surface area contributed by atoms with Crippen LogP contribution in [-0.4, -0.2) is 31.5 Å². The van der Waals surface area contributed by atoms with Crippen LogP contribution in [0.5, 0.6) is 5.75 Å². The van der Waals surface area contributed by atoms with E-state index >= 15 is 0 Å². The molecule has 0 unspecified atom stereocenters. The molecule has 118 valence electrons. The maximum absolute atomic E-state index is 11.7. The third kappa shape index (κ3) is 3.42. The normalized spacial score (nSPS) is 9.87. The Labute approximate surface area is 134 Å². The summed E-state index contributed by atoms with van der Waals surface area (Å²) in [5, 5.41) is 24.1. The van der Waals surface area contributed by atoms with Crippen molar-refractivity contribution in [1.82, 2.24) is 20.6 Å². The molecule has 2 N–H and O–H groups in total. The maximum Gasteiger partial charge on any atom is 0.204 e. The van der Waals surface area contributed by atoms with Crippen molar-refractivity contribution < 1.29 is 9.90 Å². The number of carbonyl (C=O) groups is 1. The Kier molecular flexibility index (Phi) is 5.19. The second-order valence-corrected chi connectivity index (χ2v) is 4.58. The van der Waals surface area contributed by atoms with Gasteiger partial charge in [0.2, 0.25) is 5.82 Å². The number of Topliss-reactive ketones (excluding diaryl/α,β-unsaturated/α-hetero) is 1. The number of nitrogens with one attached hydrogen (secondary N) is 1. The molecule has 0 amide bonds. The summed E-state index contributed by atoms with van der Waals surface area (Å²) in [7, 11) is 0. The highest BCUT2D eigenvalue weighted by atomic mass is 16.3. The number of aromatic nitrogens is 4. The van der Waals surface area contributed by atoms with Crippen molar-refractivity contribution in [2.45, 2.75) is 20.8 Å². The number of tetrazole rings is 1. The van der Waals surface area contributed by atoms with Gasteiger partial charge in [-0.15, -0.1) is 10.2 Å². The van der Waals surface area contributed by atoms with Crippen molar-refractivity contribution in [3.05, 3.63) is 48.0 Å². The van der Waals surface area contributed by atoms with Gasteiger partial charge < -0.3 is 5.11 Å². The number of ketones is 1. The monoisotopic (exact) mass is 310 g/mol. The predicted octanol–water partition coefficient (Wildman–Crippen LogP) is 3.47. The molecular formula is C17H18N4O2. The molecule has 6 nitrogen and oxygen atoms in total. The summed E-state index contributed by atoms with van der Waals surface area (Å²) >= 11 is 0. The number of phenols is 1. The number of H-pyrrole nitrogens is 1. The van der Waals surface area contributed by atoms with Gasteiger partial charge in [-0.2, -0.15) is 5.21 Å². The summed E-state index contributed by atoms with van der Waals surface area (Å²) in [6.07, 6.45) is 0. The average Bonchev–Trinajstić information content (AvgIpc) is 3.12. The number of nitrogens with zero attached hydrogens (tertiary/aromatic N) is 3. The summed E-state index contributed by atoms with van der Waals surface area (Å²) in [5.41, 5.74) is 2.22. The number of benzene rings is 2. The zero-order valence-corrected chi connectivity index (χ0v) is 13.2. The SMILES string of the molecule is CC.CC(=O)c1cc(-c2nn[nH]n2)cc(-c2ccccc2)c1O. The van der Waals surface area contributed by atoms with Gasteiger partial charge in [0.05, 0.1) is 5.56 Å². The van der Waals surface area contributed by atoms with Gasteiger partial charge in [-0.05, 0) is 29.8 Å². The number of hydrogen-bond donors (Lipinski definition) is 2. The van der Waals surface area contributed by atoms with Crippen LogP contribution in [0, 0.1) is 0 Å². The lowest BCUT2D eigenvalue weighted by molar-refractivity contribution is 0.101. The molecule has 2 aromatic carbocycles. The Morgan fingerprint density at radius 1 is 1.09 bits per heavy atom. The first-order valence-corrected chi connectivity index (χ1v) is 7.34. The number of carbonyl (C=O) groups excluding carboxylic acids is 1. The standard InChI is InChI=1S/C15H12N4O2.C2H6/c1-9(20)12-7-11(15-16-18-19-17-15)8-13(14(12)21)10-5-3-2-4-6-10;1-2/h2-8,21H,1H3,(H,16,17,18,19);1-2H3. The number of aromatic amines is 1. The molecule has 0 saturated carbocycles. The minimum absolute atomic E-state index is 0.0408. The summed E-state index contributed by atoms with van der Waals surface area (Å²) in [6.45, 7) is 5.41. The van der Waals surface area contributed by atoms with Crippen LogP contribution in [0.4, 0.5) is 0 Å². The second kappa shape index (κ2) is 7.31. The summed E-state index contributed by atoms with van der Waals surface area (Å²) < 4.78 is 0. The van der Waals surface area contributed by atoms with Crippen molar-refractivity contribution in [2.75, 3.05) is 0 Å². The number of hydrogen-bond acceptors (Lipinski definition) is 5. The zero-order chi connectivity index (χ0) is 16.8. The lowest BCUT2D eigenvalue weighted by Crippen LogP contribution is -1.96. The van der Waals surface area contributed by atoms with E-state index in [1.165, 1.54) is 6.92 Å². The maximum atomic E-state index is 11.7. The van der Waals surface area contributed by atoms with Gasteiger partial charge in [0.15, 0.2) is 5.78 Å². The molecular weight excluding hydrogens is 292 g/mol. The number of aromatic hydroxyl groups is 1. The first-order chi connectivity index (χ1) is 11.2. The highest BCUT2D eigenvalue weighted by Gasteiger charge is 2.17. The lowest BCUT2D eigenvalue weighted by atomic mass is 9.96. The largest absolute Gasteiger partial charge is 0.507 e. The van der Waals surface area contributed by atoms with Crippen LogP contribution >= 0.6 is 0 Å². The summed E-state index contributed by atoms with van der Waals surface area (Å²) in [5.74, 6) is 0.102. The van der Waals surface area contributed by atoms with Crippen molar-refractivity contribution in [1.29, 1.82) is 0 Å². The van der Waals surface area contributed by atoms with Crippen LogP contribution in [0.2, 0.25) is 0 Å². The van der Waals surface area contributed by atoms with Crippen molar-refractivity contribution in [3.63, 3.8) is 0 Å². The van der Waals surface area contributed by atoms with Gasteiger partial charge in [-0.1, -0.05) is 44.2 Å². The fourth-order valence-electron chi connectivity index (χ4n) is 2.15. The van der Waals surface area contributed by atoms with Crippen LogP contribution in [0.3, 0.4) is 0 Å². The minimum atomic E-state index is -0.227. The van der Waals surface area contributed by atoms with E-state index in [9.17, 15) is 9.90 Å². The van der Waals surface area contributed by atoms with Gasteiger partial charge in [0.25, 0.3) is 0 Å². The van der Waals surface area contributed by atoms with E-state index in [1.54, 1.807) is 12.1 Å². The summed E-state index contributed by atoms with van der Waals surface area (Å²) in [4.78, 5) is 11.7. The molecule has 0 bridgehead atoms. The van der Waals surface area contributed by atoms with Crippen molar-refractivity contribution in [2.24, 2.45) is 0 Å². The molecule has 1 aromatic heterocycles. The van der Waals surface area contributed by atoms with E-state index in [2.05, 4.69) is 20.6 Å². The van der Waals surface area contributed by atoms with Crippen LogP contribution in [-0.2, 0) is 0 Å². The number of phenolic OH excluding ortho intramolecular Hbond substituents is 1. The molecule has 0 atom stereocenters. The van der Waals surface area contributed by atoms with Crippen LogP contribution in [0.25, 0.3) is 22.5 Å². The first kappa shape index (κ1) is 16.4. The topological polar surface area (TPSA) is 91.8 Å². The molecule has 3 rings (SSSR count). The van der Waals surface area contributed by atoms with E-state index in [-0.39, 0.29) is 17.1 Å². The smallest absolute Gasteiger partial charge is 0.204 e. The lowest BCUT2D eigenvalue weighted by Gasteiger charge is -2.10. The molecule has 1 heterocycles.